The van der Waals surface area contributed by atoms with Crippen molar-refractivity contribution in [2.24, 2.45) is 11.8 Å². The van der Waals surface area contributed by atoms with E-state index in [4.69, 9.17) is 10.5 Å². The molecule has 2 unspecified atom stereocenters. The van der Waals surface area contributed by atoms with Crippen molar-refractivity contribution >= 4 is 10.0 Å². The van der Waals surface area contributed by atoms with Crippen molar-refractivity contribution in [1.82, 2.24) is 4.31 Å². The zero-order valence-electron chi connectivity index (χ0n) is 11.9. The van der Waals surface area contributed by atoms with Crippen LogP contribution in [0.25, 0.3) is 0 Å². The predicted octanol–water partition coefficient (Wildman–Crippen LogP) is 2.06. The van der Waals surface area contributed by atoms with Gasteiger partial charge in [-0.15, -0.1) is 0 Å². The van der Waals surface area contributed by atoms with Crippen molar-refractivity contribution in [3.63, 3.8) is 0 Å². The summed E-state index contributed by atoms with van der Waals surface area (Å²) >= 11 is 0. The molecule has 110 valence electrons. The summed E-state index contributed by atoms with van der Waals surface area (Å²) in [6.07, 6.45) is 0.568. The van der Waals surface area contributed by atoms with Gasteiger partial charge < -0.3 is 0 Å². The molecule has 1 aliphatic heterocycles. The number of hydrogen-bond donors (Lipinski definition) is 0. The van der Waals surface area contributed by atoms with E-state index in [1.54, 1.807) is 24.3 Å². The second-order valence-electron chi connectivity index (χ2n) is 5.38. The van der Waals surface area contributed by atoms with Crippen LogP contribution in [0.15, 0.2) is 29.2 Å². The Morgan fingerprint density at radius 3 is 2.00 bits per heavy atom. The van der Waals surface area contributed by atoms with E-state index in [9.17, 15) is 8.42 Å². The van der Waals surface area contributed by atoms with Crippen LogP contribution in [0.5, 0.6) is 0 Å². The standard InChI is InChI=1S/C15H17N3O2S/c1-12-2-4-15(5-3-12)21(19,20)18-10-13(6-8-16)14(11-18)7-9-17/h2-5,13-14H,6-7,10-11H2,1H3. The minimum atomic E-state index is -3.54. The number of aryl methyl sites for hydroxylation is 1. The molecular weight excluding hydrogens is 286 g/mol. The number of benzene rings is 1. The molecule has 0 N–H and O–H groups in total. The van der Waals surface area contributed by atoms with Crippen molar-refractivity contribution in [2.45, 2.75) is 24.7 Å². The van der Waals surface area contributed by atoms with Crippen LogP contribution in [0.3, 0.4) is 0 Å². The number of sulfonamides is 1. The van der Waals surface area contributed by atoms with Gasteiger partial charge in [0.1, 0.15) is 0 Å². The smallest absolute Gasteiger partial charge is 0.207 e. The highest BCUT2D eigenvalue weighted by Crippen LogP contribution is 2.32. The van der Waals surface area contributed by atoms with E-state index >= 15 is 0 Å². The van der Waals surface area contributed by atoms with Crippen LogP contribution in [-0.2, 0) is 10.0 Å². The van der Waals surface area contributed by atoms with Gasteiger partial charge in [0.05, 0.1) is 17.0 Å². The summed E-state index contributed by atoms with van der Waals surface area (Å²) in [5, 5.41) is 17.7. The van der Waals surface area contributed by atoms with Crippen molar-refractivity contribution < 1.29 is 8.42 Å². The van der Waals surface area contributed by atoms with Crippen LogP contribution < -0.4 is 0 Å². The van der Waals surface area contributed by atoms with Crippen LogP contribution in [0.2, 0.25) is 0 Å². The highest BCUT2D eigenvalue weighted by atomic mass is 32.2. The predicted molar refractivity (Wildman–Crippen MR) is 77.4 cm³/mol. The fraction of sp³-hybridized carbons (Fsp3) is 0.467. The van der Waals surface area contributed by atoms with Crippen molar-refractivity contribution in [2.75, 3.05) is 13.1 Å². The van der Waals surface area contributed by atoms with E-state index in [2.05, 4.69) is 12.1 Å². The molecule has 1 aliphatic rings. The first kappa shape index (κ1) is 15.5. The molecule has 6 heteroatoms. The summed E-state index contributed by atoms with van der Waals surface area (Å²) in [5.41, 5.74) is 1.00. The minimum absolute atomic E-state index is 0.0603. The molecule has 0 aliphatic carbocycles. The summed E-state index contributed by atoms with van der Waals surface area (Å²) in [7, 11) is -3.54. The summed E-state index contributed by atoms with van der Waals surface area (Å²) in [5.74, 6) is -0.121. The fourth-order valence-electron chi connectivity index (χ4n) is 2.65. The number of nitrogens with zero attached hydrogens (tertiary/aromatic N) is 3. The molecule has 1 heterocycles. The largest absolute Gasteiger partial charge is 0.243 e. The van der Waals surface area contributed by atoms with Crippen LogP contribution in [0.4, 0.5) is 0 Å². The first-order valence-corrected chi connectivity index (χ1v) is 8.23. The first-order chi connectivity index (χ1) is 9.98. The maximum absolute atomic E-state index is 12.6. The molecule has 0 aromatic heterocycles. The van der Waals surface area contributed by atoms with Gasteiger partial charge in [-0.3, -0.25) is 0 Å². The minimum Gasteiger partial charge on any atom is -0.207 e. The summed E-state index contributed by atoms with van der Waals surface area (Å²) in [6.45, 7) is 2.53. The van der Waals surface area contributed by atoms with Gasteiger partial charge in [-0.1, -0.05) is 17.7 Å². The van der Waals surface area contributed by atoms with Gasteiger partial charge in [-0.25, -0.2) is 8.42 Å². The number of hydrogen-bond acceptors (Lipinski definition) is 4. The molecule has 21 heavy (non-hydrogen) atoms. The zero-order chi connectivity index (χ0) is 15.5. The Bertz CT molecular complexity index is 659. The second-order valence-corrected chi connectivity index (χ2v) is 7.32. The van der Waals surface area contributed by atoms with Gasteiger partial charge in [-0.2, -0.15) is 14.8 Å². The van der Waals surface area contributed by atoms with E-state index in [0.29, 0.717) is 13.1 Å². The first-order valence-electron chi connectivity index (χ1n) is 6.79. The third-order valence-electron chi connectivity index (χ3n) is 3.91. The molecule has 0 amide bonds. The Morgan fingerprint density at radius 2 is 1.57 bits per heavy atom. The van der Waals surface area contributed by atoms with E-state index in [-0.39, 0.29) is 29.6 Å². The maximum Gasteiger partial charge on any atom is 0.243 e. The Balaban J connectivity index is 2.24. The van der Waals surface area contributed by atoms with Gasteiger partial charge in [0.2, 0.25) is 10.0 Å². The molecule has 5 nitrogen and oxygen atoms in total. The second kappa shape index (κ2) is 6.26. The molecule has 0 saturated carbocycles. The molecule has 2 atom stereocenters. The lowest BCUT2D eigenvalue weighted by Crippen LogP contribution is -2.29. The summed E-state index contributed by atoms with van der Waals surface area (Å²) in [6, 6.07) is 10.9. The molecule has 1 saturated heterocycles. The van der Waals surface area contributed by atoms with Crippen LogP contribution >= 0.6 is 0 Å². The van der Waals surface area contributed by atoms with E-state index in [1.165, 1.54) is 4.31 Å². The zero-order valence-corrected chi connectivity index (χ0v) is 12.7. The van der Waals surface area contributed by atoms with Gasteiger partial charge in [-0.05, 0) is 30.9 Å². The third kappa shape index (κ3) is 3.24. The molecule has 1 fully saturated rings. The third-order valence-corrected chi connectivity index (χ3v) is 5.75. The lowest BCUT2D eigenvalue weighted by atomic mass is 9.91. The Hall–Kier alpha value is -1.89. The van der Waals surface area contributed by atoms with Crippen molar-refractivity contribution in [3.8, 4) is 12.1 Å². The monoisotopic (exact) mass is 303 g/mol. The normalized spacial score (nSPS) is 22.6. The topological polar surface area (TPSA) is 85.0 Å². The SMILES string of the molecule is Cc1ccc(S(=O)(=O)N2CC(CC#N)C(CC#N)C2)cc1. The average molecular weight is 303 g/mol. The quantitative estimate of drug-likeness (QED) is 0.852. The van der Waals surface area contributed by atoms with E-state index < -0.39 is 10.0 Å². The van der Waals surface area contributed by atoms with Crippen LogP contribution in [-0.4, -0.2) is 25.8 Å². The van der Waals surface area contributed by atoms with Gasteiger partial charge >= 0.3 is 0 Å². The maximum atomic E-state index is 12.6. The van der Waals surface area contributed by atoms with E-state index in [1.807, 2.05) is 6.92 Å². The summed E-state index contributed by atoms with van der Waals surface area (Å²) < 4.78 is 26.6. The molecule has 1 aromatic carbocycles. The van der Waals surface area contributed by atoms with Gasteiger partial charge in [0, 0.05) is 25.9 Å². The highest BCUT2D eigenvalue weighted by molar-refractivity contribution is 7.89. The molecule has 0 spiro atoms. The average Bonchev–Trinajstić information content (AvgIpc) is 2.84. The van der Waals surface area contributed by atoms with Crippen molar-refractivity contribution in [1.29, 1.82) is 10.5 Å². The highest BCUT2D eigenvalue weighted by Gasteiger charge is 2.38. The number of nitriles is 2. The molecule has 1 aromatic rings. The Labute approximate surface area is 125 Å². The summed E-state index contributed by atoms with van der Waals surface area (Å²) in [4.78, 5) is 0.265. The van der Waals surface area contributed by atoms with Gasteiger partial charge in [0.25, 0.3) is 0 Å². The molecular formula is C15H17N3O2S. The van der Waals surface area contributed by atoms with Crippen LogP contribution in [0, 0.1) is 41.4 Å². The molecule has 0 radical (unpaired) electrons. The fourth-order valence-corrected chi connectivity index (χ4v) is 4.20. The van der Waals surface area contributed by atoms with Crippen LogP contribution in [0.1, 0.15) is 18.4 Å². The lowest BCUT2D eigenvalue weighted by molar-refractivity contribution is 0.434. The van der Waals surface area contributed by atoms with Gasteiger partial charge in [0.15, 0.2) is 0 Å². The van der Waals surface area contributed by atoms with E-state index in [0.717, 1.165) is 5.56 Å². The Kier molecular flexibility index (Phi) is 4.62. The Morgan fingerprint density at radius 1 is 1.10 bits per heavy atom. The number of rotatable bonds is 4. The lowest BCUT2D eigenvalue weighted by Gasteiger charge is -2.16. The molecule has 2 rings (SSSR count). The molecule has 0 bridgehead atoms. The van der Waals surface area contributed by atoms with Crippen molar-refractivity contribution in [3.05, 3.63) is 29.8 Å².